The normalized spacial score (nSPS) is 9.80. The summed E-state index contributed by atoms with van der Waals surface area (Å²) in [6.07, 6.45) is 0. The molecule has 10 heavy (non-hydrogen) atoms. The summed E-state index contributed by atoms with van der Waals surface area (Å²) < 4.78 is 34.8. The third kappa shape index (κ3) is 1.36. The van der Waals surface area contributed by atoms with Crippen LogP contribution in [0.1, 0.15) is 0 Å². The average Bonchev–Trinajstić information content (AvgIpc) is 1.88. The Hall–Kier alpha value is -0.390. The molecule has 0 aromatic heterocycles. The van der Waals surface area contributed by atoms with E-state index in [2.05, 4.69) is 0 Å². The van der Waals surface area contributed by atoms with Crippen molar-refractivity contribution in [1.82, 2.24) is 0 Å². The summed E-state index contributed by atoms with van der Waals surface area (Å²) in [6, 6.07) is 3.43. The first-order chi connectivity index (χ1) is 4.75. The molecule has 1 aromatic carbocycles. The van der Waals surface area contributed by atoms with Crippen LogP contribution in [-0.2, 0) is 3.07 Å². The minimum Gasteiger partial charge on any atom is -0.265 e. The van der Waals surface area contributed by atoms with E-state index < -0.39 is 32.8 Å². The van der Waals surface area contributed by atoms with Gasteiger partial charge in [-0.1, -0.05) is 6.07 Å². The Bertz CT molecular complexity index is 242. The first-order valence-electron chi connectivity index (χ1n) is 2.47. The van der Waals surface area contributed by atoms with Gasteiger partial charge in [0.1, 0.15) is 15.2 Å². The molecular weight excluding hydrogens is 253 g/mol. The molecular formula is C6H3F2IO. The van der Waals surface area contributed by atoms with Crippen LogP contribution >= 0.6 is 21.2 Å². The lowest BCUT2D eigenvalue weighted by molar-refractivity contribution is 0.569. The topological polar surface area (TPSA) is 17.1 Å². The summed E-state index contributed by atoms with van der Waals surface area (Å²) in [6.45, 7) is 0. The first-order valence-corrected chi connectivity index (χ1v) is 4.42. The Labute approximate surface area is 66.7 Å². The van der Waals surface area contributed by atoms with Crippen LogP contribution in [0.3, 0.4) is 0 Å². The molecule has 0 fully saturated rings. The average molecular weight is 256 g/mol. The van der Waals surface area contributed by atoms with Crippen LogP contribution in [0, 0.1) is 15.2 Å². The maximum atomic E-state index is 12.4. The minimum absolute atomic E-state index is 0.277. The van der Waals surface area contributed by atoms with Gasteiger partial charge in [0.2, 0.25) is 0 Å². The summed E-state index contributed by atoms with van der Waals surface area (Å²) in [4.78, 5) is 0. The van der Waals surface area contributed by atoms with Gasteiger partial charge in [-0.25, -0.2) is 8.78 Å². The van der Waals surface area contributed by atoms with Crippen molar-refractivity contribution in [3.05, 3.63) is 33.4 Å². The molecule has 1 aromatic rings. The number of hydrogen-bond acceptors (Lipinski definition) is 1. The van der Waals surface area contributed by atoms with Gasteiger partial charge in [0, 0.05) is 0 Å². The van der Waals surface area contributed by atoms with Gasteiger partial charge >= 0.3 is 0 Å². The summed E-state index contributed by atoms with van der Waals surface area (Å²) in [5, 5.41) is 0. The molecule has 54 valence electrons. The maximum absolute atomic E-state index is 12.4. The van der Waals surface area contributed by atoms with Crippen molar-refractivity contribution in [3.8, 4) is 0 Å². The highest BCUT2D eigenvalue weighted by Gasteiger charge is 2.06. The molecule has 4 heteroatoms. The fourth-order valence-electron chi connectivity index (χ4n) is 0.551. The van der Waals surface area contributed by atoms with E-state index in [0.717, 1.165) is 12.1 Å². The van der Waals surface area contributed by atoms with Gasteiger partial charge in [0.05, 0.1) is 0 Å². The molecule has 0 aliphatic heterocycles. The highest BCUT2D eigenvalue weighted by molar-refractivity contribution is 14.1. The van der Waals surface area contributed by atoms with Gasteiger partial charge in [-0.15, -0.1) is 0 Å². The molecule has 0 unspecified atom stereocenters. The van der Waals surface area contributed by atoms with Crippen LogP contribution in [0.4, 0.5) is 8.78 Å². The third-order valence-electron chi connectivity index (χ3n) is 0.982. The Morgan fingerprint density at radius 1 is 1.20 bits per heavy atom. The maximum Gasteiger partial charge on any atom is 0.188 e. The molecule has 0 N–H and O–H groups in total. The molecule has 0 heterocycles. The van der Waals surface area contributed by atoms with Crippen LogP contribution in [0.2, 0.25) is 0 Å². The molecule has 0 bridgehead atoms. The SMILES string of the molecule is O=Ic1c(F)cccc1F. The fraction of sp³-hybridized carbons (Fsp3) is 0. The van der Waals surface area contributed by atoms with E-state index in [1.165, 1.54) is 6.07 Å². The molecule has 1 nitrogen and oxygen atoms in total. The van der Waals surface area contributed by atoms with E-state index in [0.29, 0.717) is 0 Å². The molecule has 0 spiro atoms. The van der Waals surface area contributed by atoms with Gasteiger partial charge in [0.15, 0.2) is 21.2 Å². The Morgan fingerprint density at radius 3 is 2.00 bits per heavy atom. The quantitative estimate of drug-likeness (QED) is 0.557. The summed E-state index contributed by atoms with van der Waals surface area (Å²) in [7, 11) is 0. The van der Waals surface area contributed by atoms with Gasteiger partial charge in [0.25, 0.3) is 0 Å². The summed E-state index contributed by atoms with van der Waals surface area (Å²) >= 11 is -1.73. The van der Waals surface area contributed by atoms with E-state index in [4.69, 9.17) is 0 Å². The second-order valence-electron chi connectivity index (χ2n) is 1.61. The number of rotatable bonds is 1. The Morgan fingerprint density at radius 2 is 1.70 bits per heavy atom. The Balaban J connectivity index is 3.30. The molecule has 0 aliphatic carbocycles. The van der Waals surface area contributed by atoms with Crippen molar-refractivity contribution >= 4 is 21.2 Å². The fourth-order valence-corrected chi connectivity index (χ4v) is 1.33. The number of hydrogen-bond donors (Lipinski definition) is 0. The van der Waals surface area contributed by atoms with E-state index in [9.17, 15) is 11.8 Å². The monoisotopic (exact) mass is 256 g/mol. The van der Waals surface area contributed by atoms with E-state index in [-0.39, 0.29) is 3.57 Å². The molecule has 0 saturated carbocycles. The molecule has 0 atom stereocenters. The molecule has 0 amide bonds. The van der Waals surface area contributed by atoms with Gasteiger partial charge in [-0.2, -0.15) is 0 Å². The smallest absolute Gasteiger partial charge is 0.188 e. The third-order valence-corrected chi connectivity index (χ3v) is 2.45. The Kier molecular flexibility index (Phi) is 2.42. The van der Waals surface area contributed by atoms with Crippen molar-refractivity contribution in [2.45, 2.75) is 0 Å². The minimum atomic E-state index is -1.73. The van der Waals surface area contributed by atoms with Crippen molar-refractivity contribution < 1.29 is 11.8 Å². The van der Waals surface area contributed by atoms with E-state index in [1.807, 2.05) is 0 Å². The van der Waals surface area contributed by atoms with Crippen molar-refractivity contribution in [1.29, 1.82) is 0 Å². The van der Waals surface area contributed by atoms with Crippen LogP contribution in [0.25, 0.3) is 0 Å². The van der Waals surface area contributed by atoms with Crippen LogP contribution in [0.15, 0.2) is 18.2 Å². The zero-order valence-electron chi connectivity index (χ0n) is 4.77. The first kappa shape index (κ1) is 7.71. The van der Waals surface area contributed by atoms with Crippen LogP contribution < -0.4 is 0 Å². The second-order valence-corrected chi connectivity index (χ2v) is 3.13. The zero-order chi connectivity index (χ0) is 7.56. The second kappa shape index (κ2) is 3.14. The molecule has 0 radical (unpaired) electrons. The lowest BCUT2D eigenvalue weighted by Crippen LogP contribution is -1.85. The lowest BCUT2D eigenvalue weighted by atomic mass is 10.3. The highest BCUT2D eigenvalue weighted by Crippen LogP contribution is 2.17. The summed E-state index contributed by atoms with van der Waals surface area (Å²) in [5.74, 6) is -1.44. The summed E-state index contributed by atoms with van der Waals surface area (Å²) in [5.41, 5.74) is 0. The van der Waals surface area contributed by atoms with Crippen molar-refractivity contribution in [3.63, 3.8) is 0 Å². The van der Waals surface area contributed by atoms with Gasteiger partial charge < -0.3 is 0 Å². The highest BCUT2D eigenvalue weighted by atomic mass is 127. The predicted octanol–water partition coefficient (Wildman–Crippen LogP) is 2.45. The number of benzene rings is 1. The number of halogens is 3. The standard InChI is InChI=1S/C6H3F2IO/c7-4-2-1-3-5(8)6(4)9-10/h1-3H. The van der Waals surface area contributed by atoms with Crippen molar-refractivity contribution in [2.75, 3.05) is 0 Å². The van der Waals surface area contributed by atoms with E-state index >= 15 is 0 Å². The predicted molar refractivity (Wildman–Crippen MR) is 39.8 cm³/mol. The van der Waals surface area contributed by atoms with Gasteiger partial charge in [-0.05, 0) is 12.1 Å². The van der Waals surface area contributed by atoms with Crippen LogP contribution in [0.5, 0.6) is 0 Å². The van der Waals surface area contributed by atoms with Crippen LogP contribution in [-0.4, -0.2) is 0 Å². The molecule has 0 saturated heterocycles. The molecule has 0 aliphatic rings. The molecule has 1 rings (SSSR count). The van der Waals surface area contributed by atoms with Gasteiger partial charge in [-0.3, -0.25) is 3.07 Å². The zero-order valence-corrected chi connectivity index (χ0v) is 6.93. The van der Waals surface area contributed by atoms with E-state index in [1.54, 1.807) is 0 Å². The lowest BCUT2D eigenvalue weighted by Gasteiger charge is -1.91. The van der Waals surface area contributed by atoms with Crippen molar-refractivity contribution in [2.24, 2.45) is 0 Å². The largest absolute Gasteiger partial charge is 0.265 e.